The standard InChI is InChI=1S/C8H18S/c1-3-5-6-8(4-2)7-9/h8-9H,3-7H2,1-2H3/t8-/m1/s1. The van der Waals surface area contributed by atoms with E-state index in [2.05, 4.69) is 26.5 Å². The summed E-state index contributed by atoms with van der Waals surface area (Å²) in [4.78, 5) is 0. The average Bonchev–Trinajstić information content (AvgIpc) is 1.91. The van der Waals surface area contributed by atoms with Crippen LogP contribution < -0.4 is 0 Å². The van der Waals surface area contributed by atoms with Gasteiger partial charge in [0.05, 0.1) is 0 Å². The highest BCUT2D eigenvalue weighted by atomic mass is 32.1. The number of hydrogen-bond acceptors (Lipinski definition) is 1. The molecule has 0 nitrogen and oxygen atoms in total. The van der Waals surface area contributed by atoms with Gasteiger partial charge in [-0.2, -0.15) is 12.6 Å². The van der Waals surface area contributed by atoms with Crippen LogP contribution in [0.2, 0.25) is 0 Å². The van der Waals surface area contributed by atoms with Gasteiger partial charge in [-0.25, -0.2) is 0 Å². The predicted octanol–water partition coefficient (Wildman–Crippen LogP) is 3.13. The molecule has 0 aliphatic heterocycles. The third kappa shape index (κ3) is 4.83. The Morgan fingerprint density at radius 3 is 2.33 bits per heavy atom. The Morgan fingerprint density at radius 1 is 1.33 bits per heavy atom. The van der Waals surface area contributed by atoms with E-state index in [0.717, 1.165) is 11.7 Å². The van der Waals surface area contributed by atoms with Crippen LogP contribution in [0.3, 0.4) is 0 Å². The summed E-state index contributed by atoms with van der Waals surface area (Å²) in [6.45, 7) is 4.49. The molecule has 0 aliphatic carbocycles. The maximum Gasteiger partial charge on any atom is -0.00696 e. The van der Waals surface area contributed by atoms with Crippen molar-refractivity contribution in [2.24, 2.45) is 5.92 Å². The van der Waals surface area contributed by atoms with Crippen LogP contribution >= 0.6 is 12.6 Å². The van der Waals surface area contributed by atoms with Crippen LogP contribution in [-0.2, 0) is 0 Å². The van der Waals surface area contributed by atoms with Gasteiger partial charge in [-0.3, -0.25) is 0 Å². The fraction of sp³-hybridized carbons (Fsp3) is 1.00. The Balaban J connectivity index is 3.09. The zero-order valence-corrected chi connectivity index (χ0v) is 7.45. The van der Waals surface area contributed by atoms with Gasteiger partial charge < -0.3 is 0 Å². The molecule has 0 saturated heterocycles. The number of unbranched alkanes of at least 4 members (excludes halogenated alkanes) is 1. The molecule has 0 rings (SSSR count). The summed E-state index contributed by atoms with van der Waals surface area (Å²) in [5, 5.41) is 0. The lowest BCUT2D eigenvalue weighted by Gasteiger charge is -2.09. The highest BCUT2D eigenvalue weighted by Crippen LogP contribution is 2.12. The zero-order valence-electron chi connectivity index (χ0n) is 6.56. The number of hydrogen-bond donors (Lipinski definition) is 1. The summed E-state index contributed by atoms with van der Waals surface area (Å²) in [6, 6.07) is 0. The molecule has 0 aromatic heterocycles. The second-order valence-corrected chi connectivity index (χ2v) is 2.96. The third-order valence-corrected chi connectivity index (χ3v) is 2.32. The van der Waals surface area contributed by atoms with E-state index in [1.54, 1.807) is 0 Å². The first kappa shape index (κ1) is 9.35. The molecular formula is C8H18S. The molecule has 1 heteroatoms. The van der Waals surface area contributed by atoms with Crippen molar-refractivity contribution in [2.75, 3.05) is 5.75 Å². The molecule has 0 spiro atoms. The van der Waals surface area contributed by atoms with Gasteiger partial charge in [0.2, 0.25) is 0 Å². The largest absolute Gasteiger partial charge is 0.179 e. The van der Waals surface area contributed by atoms with Crippen LogP contribution in [-0.4, -0.2) is 5.75 Å². The molecule has 0 heterocycles. The van der Waals surface area contributed by atoms with Crippen LogP contribution in [0, 0.1) is 5.92 Å². The fourth-order valence-corrected chi connectivity index (χ4v) is 1.36. The quantitative estimate of drug-likeness (QED) is 0.566. The van der Waals surface area contributed by atoms with Gasteiger partial charge in [-0.1, -0.05) is 33.1 Å². The minimum Gasteiger partial charge on any atom is -0.179 e. The first-order valence-corrected chi connectivity index (χ1v) is 4.59. The third-order valence-electron chi connectivity index (χ3n) is 1.80. The number of thiol groups is 1. The van der Waals surface area contributed by atoms with Crippen LogP contribution in [0.1, 0.15) is 39.5 Å². The first-order chi connectivity index (χ1) is 4.35. The molecule has 9 heavy (non-hydrogen) atoms. The van der Waals surface area contributed by atoms with Crippen molar-refractivity contribution in [2.45, 2.75) is 39.5 Å². The Kier molecular flexibility index (Phi) is 6.72. The molecule has 1 atom stereocenters. The second-order valence-electron chi connectivity index (χ2n) is 2.60. The van der Waals surface area contributed by atoms with Crippen molar-refractivity contribution >= 4 is 12.6 Å². The minimum absolute atomic E-state index is 0.869. The molecule has 0 amide bonds. The monoisotopic (exact) mass is 146 g/mol. The van der Waals surface area contributed by atoms with Gasteiger partial charge in [0.15, 0.2) is 0 Å². The molecule has 0 aromatic rings. The lowest BCUT2D eigenvalue weighted by atomic mass is 10.0. The summed E-state index contributed by atoms with van der Waals surface area (Å²) in [7, 11) is 0. The van der Waals surface area contributed by atoms with Gasteiger partial charge in [0.25, 0.3) is 0 Å². The van der Waals surface area contributed by atoms with Crippen LogP contribution in [0.5, 0.6) is 0 Å². The van der Waals surface area contributed by atoms with Crippen molar-refractivity contribution in [3.8, 4) is 0 Å². The second kappa shape index (κ2) is 6.47. The van der Waals surface area contributed by atoms with Crippen LogP contribution in [0.4, 0.5) is 0 Å². The van der Waals surface area contributed by atoms with E-state index in [9.17, 15) is 0 Å². The maximum absolute atomic E-state index is 4.27. The molecule has 0 aliphatic rings. The van der Waals surface area contributed by atoms with Gasteiger partial charge in [0, 0.05) is 0 Å². The Hall–Kier alpha value is 0.350. The summed E-state index contributed by atoms with van der Waals surface area (Å²) in [6.07, 6.45) is 5.36. The summed E-state index contributed by atoms with van der Waals surface area (Å²) < 4.78 is 0. The van der Waals surface area contributed by atoms with Gasteiger partial charge in [-0.05, 0) is 18.1 Å². The molecule has 0 saturated carbocycles. The van der Waals surface area contributed by atoms with E-state index in [1.165, 1.54) is 25.7 Å². The van der Waals surface area contributed by atoms with E-state index in [4.69, 9.17) is 0 Å². The Bertz CT molecular complexity index is 48.5. The van der Waals surface area contributed by atoms with E-state index in [-0.39, 0.29) is 0 Å². The minimum atomic E-state index is 0.869. The van der Waals surface area contributed by atoms with E-state index in [1.807, 2.05) is 0 Å². The van der Waals surface area contributed by atoms with Crippen molar-refractivity contribution in [1.29, 1.82) is 0 Å². The Labute approximate surface area is 64.4 Å². The predicted molar refractivity (Wildman–Crippen MR) is 47.2 cm³/mol. The van der Waals surface area contributed by atoms with Crippen LogP contribution in [0.25, 0.3) is 0 Å². The van der Waals surface area contributed by atoms with Crippen LogP contribution in [0.15, 0.2) is 0 Å². The van der Waals surface area contributed by atoms with Gasteiger partial charge in [0.1, 0.15) is 0 Å². The fourth-order valence-electron chi connectivity index (χ4n) is 0.917. The zero-order chi connectivity index (χ0) is 7.11. The molecule has 56 valence electrons. The van der Waals surface area contributed by atoms with Crippen molar-refractivity contribution in [1.82, 2.24) is 0 Å². The first-order valence-electron chi connectivity index (χ1n) is 3.96. The van der Waals surface area contributed by atoms with Crippen molar-refractivity contribution in [3.05, 3.63) is 0 Å². The van der Waals surface area contributed by atoms with E-state index < -0.39 is 0 Å². The molecular weight excluding hydrogens is 128 g/mol. The average molecular weight is 146 g/mol. The van der Waals surface area contributed by atoms with E-state index in [0.29, 0.717) is 0 Å². The Morgan fingerprint density at radius 2 is 2.00 bits per heavy atom. The summed E-state index contributed by atoms with van der Waals surface area (Å²) in [5.74, 6) is 1.93. The summed E-state index contributed by atoms with van der Waals surface area (Å²) >= 11 is 4.27. The highest BCUT2D eigenvalue weighted by molar-refractivity contribution is 7.80. The molecule has 0 radical (unpaired) electrons. The number of rotatable bonds is 5. The van der Waals surface area contributed by atoms with E-state index >= 15 is 0 Å². The SMILES string of the molecule is CCCC[C@@H](CC)CS. The lowest BCUT2D eigenvalue weighted by Crippen LogP contribution is -1.99. The highest BCUT2D eigenvalue weighted by Gasteiger charge is 2.00. The van der Waals surface area contributed by atoms with Crippen molar-refractivity contribution < 1.29 is 0 Å². The molecule has 0 aromatic carbocycles. The smallest absolute Gasteiger partial charge is 0.00696 e. The summed E-state index contributed by atoms with van der Waals surface area (Å²) in [5.41, 5.74) is 0. The molecule has 0 fully saturated rings. The molecule has 0 unspecified atom stereocenters. The lowest BCUT2D eigenvalue weighted by molar-refractivity contribution is 0.500. The molecule has 0 bridgehead atoms. The maximum atomic E-state index is 4.27. The van der Waals surface area contributed by atoms with Gasteiger partial charge >= 0.3 is 0 Å². The molecule has 0 N–H and O–H groups in total. The van der Waals surface area contributed by atoms with Gasteiger partial charge in [-0.15, -0.1) is 0 Å². The van der Waals surface area contributed by atoms with Crippen molar-refractivity contribution in [3.63, 3.8) is 0 Å². The topological polar surface area (TPSA) is 0 Å². The normalized spacial score (nSPS) is 13.7.